The summed E-state index contributed by atoms with van der Waals surface area (Å²) in [4.78, 5) is 11.3. The average molecular weight is 166 g/mol. The van der Waals surface area contributed by atoms with Crippen molar-refractivity contribution in [1.29, 1.82) is 0 Å². The van der Waals surface area contributed by atoms with Crippen molar-refractivity contribution in [3.63, 3.8) is 0 Å². The molecule has 1 atom stereocenters. The van der Waals surface area contributed by atoms with Crippen molar-refractivity contribution < 1.29 is 4.74 Å². The first-order valence-corrected chi connectivity index (χ1v) is 3.99. The molecule has 1 aromatic heterocycles. The lowest BCUT2D eigenvalue weighted by atomic mass is 10.3. The smallest absolute Gasteiger partial charge is 0.267 e. The first-order chi connectivity index (χ1) is 5.88. The van der Waals surface area contributed by atoms with Crippen molar-refractivity contribution in [2.24, 2.45) is 0 Å². The van der Waals surface area contributed by atoms with Gasteiger partial charge in [-0.15, -0.1) is 0 Å². The van der Waals surface area contributed by atoms with Crippen LogP contribution in [0.1, 0.15) is 12.5 Å². The van der Waals surface area contributed by atoms with E-state index in [1.54, 1.807) is 12.3 Å². The highest BCUT2D eigenvalue weighted by molar-refractivity contribution is 4.87. The van der Waals surface area contributed by atoms with Gasteiger partial charge in [0.05, 0.1) is 12.6 Å². The quantitative estimate of drug-likeness (QED) is 0.598. The molecule has 12 heavy (non-hydrogen) atoms. The molecule has 4 heteroatoms. The average Bonchev–Trinajstić information content (AvgIpc) is 2.57. The fourth-order valence-electron chi connectivity index (χ4n) is 1.36. The summed E-state index contributed by atoms with van der Waals surface area (Å²) < 4.78 is 6.66. The van der Waals surface area contributed by atoms with Crippen LogP contribution in [-0.2, 0) is 4.74 Å². The van der Waals surface area contributed by atoms with Crippen LogP contribution in [0.3, 0.4) is 0 Å². The monoisotopic (exact) mass is 166 g/mol. The summed E-state index contributed by atoms with van der Waals surface area (Å²) in [7, 11) is 0. The summed E-state index contributed by atoms with van der Waals surface area (Å²) in [5.74, 6) is 0. The van der Waals surface area contributed by atoms with Gasteiger partial charge in [-0.25, -0.2) is 4.68 Å². The standard InChI is InChI=1S/C8H10N2O2/c11-8-2-1-4-9-10(8)7-3-5-12-6-7/h1-2,4,7H,3,5-6H2. The number of aromatic nitrogens is 2. The zero-order valence-electron chi connectivity index (χ0n) is 6.64. The molecule has 1 aliphatic heterocycles. The molecule has 0 N–H and O–H groups in total. The molecule has 0 bridgehead atoms. The highest BCUT2D eigenvalue weighted by Gasteiger charge is 2.18. The molecule has 0 saturated carbocycles. The van der Waals surface area contributed by atoms with Crippen molar-refractivity contribution in [1.82, 2.24) is 9.78 Å². The number of hydrogen-bond donors (Lipinski definition) is 0. The van der Waals surface area contributed by atoms with Gasteiger partial charge in [0.1, 0.15) is 0 Å². The Hall–Kier alpha value is -1.16. The highest BCUT2D eigenvalue weighted by atomic mass is 16.5. The fourth-order valence-corrected chi connectivity index (χ4v) is 1.36. The molecule has 1 aliphatic rings. The van der Waals surface area contributed by atoms with Gasteiger partial charge in [-0.1, -0.05) is 0 Å². The van der Waals surface area contributed by atoms with Gasteiger partial charge in [-0.05, 0) is 12.5 Å². The predicted molar refractivity (Wildman–Crippen MR) is 43.0 cm³/mol. The third-order valence-corrected chi connectivity index (χ3v) is 1.99. The van der Waals surface area contributed by atoms with Crippen molar-refractivity contribution in [2.75, 3.05) is 13.2 Å². The van der Waals surface area contributed by atoms with Crippen LogP contribution in [-0.4, -0.2) is 23.0 Å². The van der Waals surface area contributed by atoms with E-state index in [-0.39, 0.29) is 11.6 Å². The van der Waals surface area contributed by atoms with Gasteiger partial charge >= 0.3 is 0 Å². The third-order valence-electron chi connectivity index (χ3n) is 1.99. The summed E-state index contributed by atoms with van der Waals surface area (Å²) in [5, 5.41) is 3.98. The number of hydrogen-bond acceptors (Lipinski definition) is 3. The fraction of sp³-hybridized carbons (Fsp3) is 0.500. The van der Waals surface area contributed by atoms with E-state index >= 15 is 0 Å². The lowest BCUT2D eigenvalue weighted by Crippen LogP contribution is -2.26. The molecule has 64 valence electrons. The zero-order valence-corrected chi connectivity index (χ0v) is 6.64. The van der Waals surface area contributed by atoms with Gasteiger partial charge in [0.2, 0.25) is 0 Å². The summed E-state index contributed by atoms with van der Waals surface area (Å²) in [5.41, 5.74) is -0.0481. The molecular weight excluding hydrogens is 156 g/mol. The number of nitrogens with zero attached hydrogens (tertiary/aromatic N) is 2. The van der Waals surface area contributed by atoms with Gasteiger partial charge in [0.15, 0.2) is 0 Å². The summed E-state index contributed by atoms with van der Waals surface area (Å²) in [6.07, 6.45) is 2.51. The molecule has 1 fully saturated rings. The van der Waals surface area contributed by atoms with Gasteiger partial charge in [0.25, 0.3) is 5.56 Å². The third kappa shape index (κ3) is 1.25. The Balaban J connectivity index is 2.32. The Morgan fingerprint density at radius 2 is 2.58 bits per heavy atom. The highest BCUT2D eigenvalue weighted by Crippen LogP contribution is 2.14. The van der Waals surface area contributed by atoms with Gasteiger partial charge in [0, 0.05) is 18.9 Å². The Morgan fingerprint density at radius 3 is 3.25 bits per heavy atom. The summed E-state index contributed by atoms with van der Waals surface area (Å²) in [6.45, 7) is 1.34. The first-order valence-electron chi connectivity index (χ1n) is 3.99. The van der Waals surface area contributed by atoms with Crippen LogP contribution in [0.4, 0.5) is 0 Å². The largest absolute Gasteiger partial charge is 0.379 e. The van der Waals surface area contributed by atoms with Crippen molar-refractivity contribution in [3.05, 3.63) is 28.7 Å². The van der Waals surface area contributed by atoms with E-state index in [1.807, 2.05) is 0 Å². The van der Waals surface area contributed by atoms with Gasteiger partial charge in [-0.2, -0.15) is 5.10 Å². The van der Waals surface area contributed by atoms with E-state index in [1.165, 1.54) is 10.7 Å². The molecule has 2 heterocycles. The molecule has 1 aromatic rings. The van der Waals surface area contributed by atoms with Crippen molar-refractivity contribution >= 4 is 0 Å². The maximum absolute atomic E-state index is 11.3. The second kappa shape index (κ2) is 3.06. The Labute approximate surface area is 69.8 Å². The van der Waals surface area contributed by atoms with E-state index in [9.17, 15) is 4.79 Å². The zero-order chi connectivity index (χ0) is 8.39. The Kier molecular flexibility index (Phi) is 1.91. The molecule has 0 aromatic carbocycles. The van der Waals surface area contributed by atoms with E-state index in [0.717, 1.165) is 13.0 Å². The molecular formula is C8H10N2O2. The molecule has 0 aliphatic carbocycles. The number of rotatable bonds is 1. The lowest BCUT2D eigenvalue weighted by Gasteiger charge is -2.08. The molecule has 1 unspecified atom stereocenters. The van der Waals surface area contributed by atoms with E-state index in [2.05, 4.69) is 5.10 Å². The van der Waals surface area contributed by atoms with E-state index in [4.69, 9.17) is 4.74 Å². The molecule has 2 rings (SSSR count). The Bertz CT molecular complexity index is 315. The molecule has 0 radical (unpaired) electrons. The van der Waals surface area contributed by atoms with Gasteiger partial charge < -0.3 is 4.74 Å². The van der Waals surface area contributed by atoms with Crippen LogP contribution in [0.5, 0.6) is 0 Å². The second-order valence-corrected chi connectivity index (χ2v) is 2.82. The van der Waals surface area contributed by atoms with Gasteiger partial charge in [-0.3, -0.25) is 4.79 Å². The minimum absolute atomic E-state index is 0.0481. The van der Waals surface area contributed by atoms with Crippen molar-refractivity contribution in [2.45, 2.75) is 12.5 Å². The predicted octanol–water partition coefficient (Wildman–Crippen LogP) is 0.205. The Morgan fingerprint density at radius 1 is 1.67 bits per heavy atom. The van der Waals surface area contributed by atoms with Crippen LogP contribution >= 0.6 is 0 Å². The van der Waals surface area contributed by atoms with Crippen LogP contribution in [0, 0.1) is 0 Å². The molecule has 0 spiro atoms. The first kappa shape index (κ1) is 7.49. The van der Waals surface area contributed by atoms with Crippen LogP contribution in [0.15, 0.2) is 23.1 Å². The minimum atomic E-state index is -0.0481. The number of ether oxygens (including phenoxy) is 1. The maximum atomic E-state index is 11.3. The van der Waals surface area contributed by atoms with Crippen LogP contribution in [0.2, 0.25) is 0 Å². The normalized spacial score (nSPS) is 22.8. The summed E-state index contributed by atoms with van der Waals surface area (Å²) >= 11 is 0. The molecule has 1 saturated heterocycles. The minimum Gasteiger partial charge on any atom is -0.379 e. The second-order valence-electron chi connectivity index (χ2n) is 2.82. The maximum Gasteiger partial charge on any atom is 0.267 e. The van der Waals surface area contributed by atoms with E-state index < -0.39 is 0 Å². The molecule has 0 amide bonds. The van der Waals surface area contributed by atoms with Crippen LogP contribution < -0.4 is 5.56 Å². The van der Waals surface area contributed by atoms with Crippen molar-refractivity contribution in [3.8, 4) is 0 Å². The van der Waals surface area contributed by atoms with Crippen LogP contribution in [0.25, 0.3) is 0 Å². The SMILES string of the molecule is O=c1cccnn1C1CCOC1. The summed E-state index contributed by atoms with van der Waals surface area (Å²) in [6, 6.07) is 3.30. The lowest BCUT2D eigenvalue weighted by molar-refractivity contribution is 0.183. The molecule has 4 nitrogen and oxygen atoms in total. The topological polar surface area (TPSA) is 44.1 Å². The van der Waals surface area contributed by atoms with E-state index in [0.29, 0.717) is 6.61 Å².